The Morgan fingerprint density at radius 1 is 1.40 bits per heavy atom. The van der Waals surface area contributed by atoms with E-state index in [-0.39, 0.29) is 11.2 Å². The zero-order valence-corrected chi connectivity index (χ0v) is 10.2. The number of hydrogen-bond acceptors (Lipinski definition) is 2. The summed E-state index contributed by atoms with van der Waals surface area (Å²) >= 11 is 16.2. The zero-order valence-electron chi connectivity index (χ0n) is 7.78. The number of benzene rings is 1. The Morgan fingerprint density at radius 2 is 2.13 bits per heavy atom. The molecular weight excluding hydrogens is 253 g/mol. The van der Waals surface area contributed by atoms with Crippen LogP contribution in [0.15, 0.2) is 18.2 Å². The summed E-state index contributed by atoms with van der Waals surface area (Å²) in [7, 11) is 0. The van der Waals surface area contributed by atoms with Crippen molar-refractivity contribution in [3.63, 3.8) is 0 Å². The second-order valence-electron chi connectivity index (χ2n) is 3.44. The average molecular weight is 262 g/mol. The molecule has 1 saturated heterocycles. The summed E-state index contributed by atoms with van der Waals surface area (Å²) in [6.45, 7) is 0.585. The molecule has 0 radical (unpaired) electrons. The molecule has 1 fully saturated rings. The van der Waals surface area contributed by atoms with Gasteiger partial charge in [0.2, 0.25) is 5.91 Å². The molecule has 1 unspecified atom stereocenters. The Bertz CT molecular complexity index is 410. The SMILES string of the molecule is O=C1CC(S)CN1c1cccc(Cl)c1Cl. The van der Waals surface area contributed by atoms with Crippen molar-refractivity contribution >= 4 is 47.4 Å². The van der Waals surface area contributed by atoms with Crippen LogP contribution in [0.4, 0.5) is 5.69 Å². The van der Waals surface area contributed by atoms with Crippen molar-refractivity contribution in [3.8, 4) is 0 Å². The molecule has 5 heteroatoms. The second-order valence-corrected chi connectivity index (χ2v) is 4.95. The van der Waals surface area contributed by atoms with E-state index in [0.717, 1.165) is 0 Å². The maximum Gasteiger partial charge on any atom is 0.228 e. The fraction of sp³-hybridized carbons (Fsp3) is 0.300. The molecule has 1 aliphatic rings. The van der Waals surface area contributed by atoms with Crippen molar-refractivity contribution in [1.29, 1.82) is 0 Å². The first kappa shape index (κ1) is 11.1. The van der Waals surface area contributed by atoms with E-state index in [1.807, 2.05) is 0 Å². The average Bonchev–Trinajstić information content (AvgIpc) is 2.50. The van der Waals surface area contributed by atoms with Gasteiger partial charge in [0.25, 0.3) is 0 Å². The van der Waals surface area contributed by atoms with E-state index in [2.05, 4.69) is 12.6 Å². The van der Waals surface area contributed by atoms with Gasteiger partial charge in [0.15, 0.2) is 0 Å². The van der Waals surface area contributed by atoms with E-state index >= 15 is 0 Å². The van der Waals surface area contributed by atoms with Crippen LogP contribution in [-0.4, -0.2) is 17.7 Å². The molecule has 80 valence electrons. The molecule has 15 heavy (non-hydrogen) atoms. The van der Waals surface area contributed by atoms with Gasteiger partial charge in [-0.15, -0.1) is 0 Å². The third-order valence-electron chi connectivity index (χ3n) is 2.33. The van der Waals surface area contributed by atoms with E-state index in [4.69, 9.17) is 23.2 Å². The number of thiol groups is 1. The number of carbonyl (C=O) groups excluding carboxylic acids is 1. The van der Waals surface area contributed by atoms with Crippen molar-refractivity contribution < 1.29 is 4.79 Å². The predicted molar refractivity (Wildman–Crippen MR) is 66.2 cm³/mol. The van der Waals surface area contributed by atoms with Crippen LogP contribution in [0.2, 0.25) is 10.0 Å². The van der Waals surface area contributed by atoms with Gasteiger partial charge in [0.05, 0.1) is 15.7 Å². The number of hydrogen-bond donors (Lipinski definition) is 1. The molecule has 1 atom stereocenters. The lowest BCUT2D eigenvalue weighted by molar-refractivity contribution is -0.117. The van der Waals surface area contributed by atoms with Crippen molar-refractivity contribution in [2.45, 2.75) is 11.7 Å². The third kappa shape index (κ3) is 2.10. The van der Waals surface area contributed by atoms with Gasteiger partial charge in [0.1, 0.15) is 0 Å². The van der Waals surface area contributed by atoms with Gasteiger partial charge in [0, 0.05) is 18.2 Å². The molecule has 0 saturated carbocycles. The summed E-state index contributed by atoms with van der Waals surface area (Å²) in [5.74, 6) is 0.0409. The highest BCUT2D eigenvalue weighted by Crippen LogP contribution is 2.35. The Kier molecular flexibility index (Phi) is 3.14. The molecule has 0 spiro atoms. The van der Waals surface area contributed by atoms with Crippen LogP contribution >= 0.6 is 35.8 Å². The lowest BCUT2D eigenvalue weighted by atomic mass is 10.3. The van der Waals surface area contributed by atoms with Crippen molar-refractivity contribution in [3.05, 3.63) is 28.2 Å². The Hall–Kier alpha value is -0.380. The van der Waals surface area contributed by atoms with Gasteiger partial charge >= 0.3 is 0 Å². The molecular formula is C10H9Cl2NOS. The lowest BCUT2D eigenvalue weighted by Crippen LogP contribution is -2.24. The minimum Gasteiger partial charge on any atom is -0.310 e. The van der Waals surface area contributed by atoms with E-state index in [1.165, 1.54) is 0 Å². The number of rotatable bonds is 1. The summed E-state index contributed by atoms with van der Waals surface area (Å²) in [4.78, 5) is 13.3. The van der Waals surface area contributed by atoms with E-state index in [0.29, 0.717) is 28.7 Å². The number of halogens is 2. The van der Waals surface area contributed by atoms with Gasteiger partial charge in [-0.05, 0) is 12.1 Å². The first-order valence-electron chi connectivity index (χ1n) is 4.52. The predicted octanol–water partition coefficient (Wildman–Crippen LogP) is 3.03. The summed E-state index contributed by atoms with van der Waals surface area (Å²) < 4.78 is 0. The molecule has 1 aliphatic heterocycles. The topological polar surface area (TPSA) is 20.3 Å². The first-order valence-corrected chi connectivity index (χ1v) is 5.79. The van der Waals surface area contributed by atoms with Crippen LogP contribution < -0.4 is 4.90 Å². The van der Waals surface area contributed by atoms with E-state index in [9.17, 15) is 4.79 Å². The molecule has 0 N–H and O–H groups in total. The summed E-state index contributed by atoms with van der Waals surface area (Å²) in [6.07, 6.45) is 0.450. The Morgan fingerprint density at radius 3 is 2.73 bits per heavy atom. The molecule has 0 bridgehead atoms. The highest BCUT2D eigenvalue weighted by molar-refractivity contribution is 7.81. The van der Waals surface area contributed by atoms with Gasteiger partial charge in [-0.25, -0.2) is 0 Å². The van der Waals surface area contributed by atoms with Crippen molar-refractivity contribution in [1.82, 2.24) is 0 Å². The number of anilines is 1. The molecule has 1 heterocycles. The van der Waals surface area contributed by atoms with Crippen molar-refractivity contribution in [2.24, 2.45) is 0 Å². The fourth-order valence-electron chi connectivity index (χ4n) is 1.62. The third-order valence-corrected chi connectivity index (χ3v) is 3.48. The van der Waals surface area contributed by atoms with Crippen molar-refractivity contribution in [2.75, 3.05) is 11.4 Å². The fourth-order valence-corrected chi connectivity index (χ4v) is 2.34. The van der Waals surface area contributed by atoms with Gasteiger partial charge in [-0.3, -0.25) is 4.79 Å². The summed E-state index contributed by atoms with van der Waals surface area (Å²) in [5, 5.41) is 0.965. The quantitative estimate of drug-likeness (QED) is 0.771. The largest absolute Gasteiger partial charge is 0.310 e. The molecule has 2 nitrogen and oxygen atoms in total. The van der Waals surface area contributed by atoms with Gasteiger partial charge < -0.3 is 4.90 Å². The monoisotopic (exact) mass is 261 g/mol. The van der Waals surface area contributed by atoms with Crippen LogP contribution in [0.1, 0.15) is 6.42 Å². The summed E-state index contributed by atoms with van der Waals surface area (Å²) in [6, 6.07) is 5.27. The maximum atomic E-state index is 11.6. The van der Waals surface area contributed by atoms with Crippen LogP contribution in [0.3, 0.4) is 0 Å². The minimum atomic E-state index is 0.0409. The molecule has 1 aromatic carbocycles. The smallest absolute Gasteiger partial charge is 0.228 e. The maximum absolute atomic E-state index is 11.6. The Balaban J connectivity index is 2.38. The molecule has 2 rings (SSSR count). The van der Waals surface area contributed by atoms with Crippen LogP contribution in [0.5, 0.6) is 0 Å². The molecule has 0 aromatic heterocycles. The van der Waals surface area contributed by atoms with E-state index < -0.39 is 0 Å². The number of nitrogens with zero attached hydrogens (tertiary/aromatic N) is 1. The van der Waals surface area contributed by atoms with Crippen LogP contribution in [0.25, 0.3) is 0 Å². The highest BCUT2D eigenvalue weighted by Gasteiger charge is 2.29. The summed E-state index contributed by atoms with van der Waals surface area (Å²) in [5.41, 5.74) is 0.672. The normalized spacial score (nSPS) is 21.1. The number of carbonyl (C=O) groups is 1. The molecule has 0 aliphatic carbocycles. The zero-order chi connectivity index (χ0) is 11.0. The van der Waals surface area contributed by atoms with Gasteiger partial charge in [-0.2, -0.15) is 12.6 Å². The Labute approximate surface area is 104 Å². The standard InChI is InChI=1S/C10H9Cl2NOS/c11-7-2-1-3-8(10(7)12)13-5-6(15)4-9(13)14/h1-3,6,15H,4-5H2. The highest BCUT2D eigenvalue weighted by atomic mass is 35.5. The van der Waals surface area contributed by atoms with E-state index in [1.54, 1.807) is 23.1 Å². The first-order chi connectivity index (χ1) is 7.09. The lowest BCUT2D eigenvalue weighted by Gasteiger charge is -2.17. The second kappa shape index (κ2) is 4.24. The van der Waals surface area contributed by atoms with Gasteiger partial charge in [-0.1, -0.05) is 29.3 Å². The number of amides is 1. The molecule has 1 amide bonds. The van der Waals surface area contributed by atoms with Crippen LogP contribution in [0, 0.1) is 0 Å². The minimum absolute atomic E-state index is 0.0409. The molecule has 1 aromatic rings. The van der Waals surface area contributed by atoms with Crippen LogP contribution in [-0.2, 0) is 4.79 Å².